The zero-order chi connectivity index (χ0) is 22.2. The summed E-state index contributed by atoms with van der Waals surface area (Å²) in [5.41, 5.74) is 12.4. The highest BCUT2D eigenvalue weighted by Gasteiger charge is 2.13. The summed E-state index contributed by atoms with van der Waals surface area (Å²) in [5.74, 6) is 0.572. The van der Waals surface area contributed by atoms with E-state index in [1.807, 2.05) is 24.3 Å². The third kappa shape index (κ3) is 3.80. The Labute approximate surface area is 189 Å². The molecule has 5 rings (SSSR count). The molecule has 2 heteroatoms. The molecule has 0 radical (unpaired) electrons. The normalized spacial score (nSPS) is 13.6. The lowest BCUT2D eigenvalue weighted by molar-refractivity contribution is 0.475. The number of hydrogen-bond donors (Lipinski definition) is 2. The summed E-state index contributed by atoms with van der Waals surface area (Å²) >= 11 is 0. The van der Waals surface area contributed by atoms with E-state index in [0.29, 0.717) is 0 Å². The minimum Gasteiger partial charge on any atom is -0.508 e. The molecule has 1 aliphatic rings. The molecule has 4 bridgehead atoms. The van der Waals surface area contributed by atoms with Crippen molar-refractivity contribution in [2.45, 2.75) is 26.7 Å². The van der Waals surface area contributed by atoms with Gasteiger partial charge in [0, 0.05) is 0 Å². The van der Waals surface area contributed by atoms with Gasteiger partial charge in [0.2, 0.25) is 0 Å². The fourth-order valence-electron chi connectivity index (χ4n) is 4.55. The van der Waals surface area contributed by atoms with Crippen LogP contribution in [0.2, 0.25) is 0 Å². The largest absolute Gasteiger partial charge is 0.508 e. The second-order valence-corrected chi connectivity index (χ2v) is 8.63. The number of phenols is 2. The van der Waals surface area contributed by atoms with E-state index < -0.39 is 0 Å². The molecular weight excluding hydrogens is 392 g/mol. The van der Waals surface area contributed by atoms with Gasteiger partial charge in [-0.1, -0.05) is 48.6 Å². The molecule has 0 atom stereocenters. The standard InChI is InChI=1S/C30H26O2/c1-19-23-3-5-25-17-28(22-9-13-30(32)14-10-22)18-26(20(25)2)6-4-24(19)16-27(15-23)21-7-11-29(31)12-8-21/h3,5,7-18,31-32H,4,6H2,1-2H3/b5-3-. The smallest absolute Gasteiger partial charge is 0.115 e. The van der Waals surface area contributed by atoms with Crippen LogP contribution in [0.5, 0.6) is 11.5 Å². The van der Waals surface area contributed by atoms with Crippen molar-refractivity contribution in [2.75, 3.05) is 0 Å². The van der Waals surface area contributed by atoms with Crippen LogP contribution in [0.4, 0.5) is 0 Å². The van der Waals surface area contributed by atoms with Crippen molar-refractivity contribution in [1.82, 2.24) is 0 Å². The molecule has 4 aromatic carbocycles. The molecule has 2 nitrogen and oxygen atoms in total. The first kappa shape index (κ1) is 20.1. The number of hydrogen-bond acceptors (Lipinski definition) is 2. The molecule has 0 spiro atoms. The average molecular weight is 419 g/mol. The van der Waals surface area contributed by atoms with E-state index in [2.05, 4.69) is 50.3 Å². The maximum atomic E-state index is 9.66. The Morgan fingerprint density at radius 2 is 0.875 bits per heavy atom. The zero-order valence-electron chi connectivity index (χ0n) is 18.4. The topological polar surface area (TPSA) is 40.5 Å². The number of aromatic hydroxyl groups is 2. The van der Waals surface area contributed by atoms with Crippen LogP contribution in [-0.2, 0) is 12.8 Å². The van der Waals surface area contributed by atoms with Crippen LogP contribution in [0.3, 0.4) is 0 Å². The van der Waals surface area contributed by atoms with Crippen LogP contribution in [0.15, 0.2) is 72.8 Å². The van der Waals surface area contributed by atoms with Gasteiger partial charge in [0.1, 0.15) is 11.5 Å². The molecule has 0 unspecified atom stereocenters. The van der Waals surface area contributed by atoms with E-state index in [-0.39, 0.29) is 11.5 Å². The lowest BCUT2D eigenvalue weighted by Crippen LogP contribution is -2.02. The van der Waals surface area contributed by atoms with Crippen LogP contribution < -0.4 is 0 Å². The Kier molecular flexibility index (Phi) is 5.07. The highest BCUT2D eigenvalue weighted by molar-refractivity contribution is 5.80. The molecule has 0 saturated carbocycles. The summed E-state index contributed by atoms with van der Waals surface area (Å²) in [7, 11) is 0. The number of fused-ring (bicyclic) bond motifs is 4. The molecule has 0 heterocycles. The van der Waals surface area contributed by atoms with E-state index in [0.717, 1.165) is 24.0 Å². The fraction of sp³-hybridized carbons (Fsp3) is 0.133. The van der Waals surface area contributed by atoms with Gasteiger partial charge in [-0.2, -0.15) is 0 Å². The maximum absolute atomic E-state index is 9.66. The summed E-state index contributed by atoms with van der Waals surface area (Å²) in [6.45, 7) is 4.42. The minimum absolute atomic E-state index is 0.286. The summed E-state index contributed by atoms with van der Waals surface area (Å²) in [6, 6.07) is 23.9. The van der Waals surface area contributed by atoms with E-state index in [4.69, 9.17) is 0 Å². The molecule has 0 fully saturated rings. The third-order valence-corrected chi connectivity index (χ3v) is 6.62. The summed E-state index contributed by atoms with van der Waals surface area (Å²) in [5, 5.41) is 19.3. The molecule has 158 valence electrons. The van der Waals surface area contributed by atoms with Crippen LogP contribution >= 0.6 is 0 Å². The predicted octanol–water partition coefficient (Wildman–Crippen LogP) is 7.32. The van der Waals surface area contributed by atoms with E-state index >= 15 is 0 Å². The number of aryl methyl sites for hydroxylation is 2. The lowest BCUT2D eigenvalue weighted by Gasteiger charge is -2.18. The summed E-state index contributed by atoms with van der Waals surface area (Å²) in [6.07, 6.45) is 6.39. The Morgan fingerprint density at radius 3 is 1.25 bits per heavy atom. The van der Waals surface area contributed by atoms with Crippen molar-refractivity contribution in [3.05, 3.63) is 106 Å². The molecule has 0 amide bonds. The van der Waals surface area contributed by atoms with Crippen LogP contribution in [0, 0.1) is 13.8 Å². The molecule has 4 aromatic rings. The number of phenolic OH excluding ortho intramolecular Hbond substituents is 2. The zero-order valence-corrected chi connectivity index (χ0v) is 18.4. The van der Waals surface area contributed by atoms with E-state index in [9.17, 15) is 10.2 Å². The highest BCUT2D eigenvalue weighted by Crippen LogP contribution is 2.33. The van der Waals surface area contributed by atoms with Gasteiger partial charge in [-0.3, -0.25) is 0 Å². The molecule has 1 aliphatic carbocycles. The van der Waals surface area contributed by atoms with Crippen molar-refractivity contribution >= 4 is 12.2 Å². The van der Waals surface area contributed by atoms with Crippen molar-refractivity contribution in [2.24, 2.45) is 0 Å². The molecule has 0 aliphatic heterocycles. The molecule has 2 N–H and O–H groups in total. The Bertz CT molecular complexity index is 1220. The first-order valence-electron chi connectivity index (χ1n) is 11.0. The van der Waals surface area contributed by atoms with Gasteiger partial charge in [0.15, 0.2) is 0 Å². The van der Waals surface area contributed by atoms with Gasteiger partial charge in [-0.05, 0) is 119 Å². The Hall–Kier alpha value is -3.78. The molecule has 32 heavy (non-hydrogen) atoms. The molecule has 0 saturated heterocycles. The van der Waals surface area contributed by atoms with Crippen molar-refractivity contribution in [3.63, 3.8) is 0 Å². The highest BCUT2D eigenvalue weighted by atomic mass is 16.3. The van der Waals surface area contributed by atoms with Crippen molar-refractivity contribution in [3.8, 4) is 33.8 Å². The van der Waals surface area contributed by atoms with Gasteiger partial charge < -0.3 is 10.2 Å². The van der Waals surface area contributed by atoms with Crippen LogP contribution in [0.1, 0.15) is 33.4 Å². The fourth-order valence-corrected chi connectivity index (χ4v) is 4.55. The second kappa shape index (κ2) is 8.05. The van der Waals surface area contributed by atoms with Gasteiger partial charge in [0.25, 0.3) is 0 Å². The van der Waals surface area contributed by atoms with E-state index in [1.165, 1.54) is 44.5 Å². The summed E-state index contributed by atoms with van der Waals surface area (Å²) < 4.78 is 0. The minimum atomic E-state index is 0.286. The van der Waals surface area contributed by atoms with Crippen LogP contribution in [-0.4, -0.2) is 10.2 Å². The SMILES string of the molecule is Cc1c2cc(-c3ccc(O)cc3)cc1CCc1cc(-c3ccc(O)cc3)cc(c1C)/C=C\2. The van der Waals surface area contributed by atoms with Gasteiger partial charge in [-0.25, -0.2) is 0 Å². The average Bonchev–Trinajstić information content (AvgIpc) is 2.79. The Morgan fingerprint density at radius 1 is 0.500 bits per heavy atom. The number of benzene rings is 4. The first-order chi connectivity index (χ1) is 15.5. The van der Waals surface area contributed by atoms with Crippen LogP contribution in [0.25, 0.3) is 34.4 Å². The van der Waals surface area contributed by atoms with Crippen molar-refractivity contribution in [1.29, 1.82) is 0 Å². The monoisotopic (exact) mass is 418 g/mol. The lowest BCUT2D eigenvalue weighted by atomic mass is 9.87. The van der Waals surface area contributed by atoms with E-state index in [1.54, 1.807) is 24.3 Å². The first-order valence-corrected chi connectivity index (χ1v) is 11.0. The van der Waals surface area contributed by atoms with Gasteiger partial charge >= 0.3 is 0 Å². The number of rotatable bonds is 2. The maximum Gasteiger partial charge on any atom is 0.115 e. The summed E-state index contributed by atoms with van der Waals surface area (Å²) in [4.78, 5) is 0. The Balaban J connectivity index is 1.62. The van der Waals surface area contributed by atoms with Crippen molar-refractivity contribution < 1.29 is 10.2 Å². The second-order valence-electron chi connectivity index (χ2n) is 8.63. The van der Waals surface area contributed by atoms with Gasteiger partial charge in [0.05, 0.1) is 0 Å². The predicted molar refractivity (Wildman–Crippen MR) is 133 cm³/mol. The van der Waals surface area contributed by atoms with Gasteiger partial charge in [-0.15, -0.1) is 0 Å². The quantitative estimate of drug-likeness (QED) is 0.358. The molecule has 0 aromatic heterocycles. The third-order valence-electron chi connectivity index (χ3n) is 6.62. The molecular formula is C30H26O2.